The molecule has 4 rings (SSSR count). The van der Waals surface area contributed by atoms with E-state index in [0.717, 1.165) is 29.4 Å². The van der Waals surface area contributed by atoms with Gasteiger partial charge in [-0.25, -0.2) is 36.2 Å². The first-order valence-corrected chi connectivity index (χ1v) is 15.8. The Bertz CT molecular complexity index is 1830. The van der Waals surface area contributed by atoms with Gasteiger partial charge in [0, 0.05) is 23.7 Å². The zero-order valence-corrected chi connectivity index (χ0v) is 23.6. The van der Waals surface area contributed by atoms with Gasteiger partial charge in [-0.15, -0.1) is 0 Å². The van der Waals surface area contributed by atoms with Crippen LogP contribution in [0.3, 0.4) is 0 Å². The number of amides is 4. The maximum atomic E-state index is 14.0. The van der Waals surface area contributed by atoms with Crippen LogP contribution in [0, 0.1) is 17.9 Å². The Labute approximate surface area is 239 Å². The molecule has 2 aliphatic heterocycles. The average Bonchev–Trinajstić information content (AvgIpc) is 3.24. The fourth-order valence-corrected chi connectivity index (χ4v) is 7.48. The normalized spacial score (nSPS) is 20.7. The molecule has 0 spiro atoms. The van der Waals surface area contributed by atoms with Gasteiger partial charge in [-0.3, -0.25) is 4.90 Å². The van der Waals surface area contributed by atoms with Gasteiger partial charge < -0.3 is 5.32 Å². The van der Waals surface area contributed by atoms with Crippen LogP contribution >= 0.6 is 0 Å². The second-order valence-electron chi connectivity index (χ2n) is 9.71. The smallest absolute Gasteiger partial charge is 0.334 e. The summed E-state index contributed by atoms with van der Waals surface area (Å²) in [7, 11) is -7.61. The topological polar surface area (TPSA) is 149 Å². The Balaban J connectivity index is 1.97. The largest absolute Gasteiger partial charge is 0.416 e. The van der Waals surface area contributed by atoms with Crippen molar-refractivity contribution in [1.29, 1.82) is 5.26 Å². The van der Waals surface area contributed by atoms with Crippen molar-refractivity contribution in [2.45, 2.75) is 36.5 Å². The summed E-state index contributed by atoms with van der Waals surface area (Å²) < 4.78 is 90.0. The molecule has 2 aliphatic rings. The first-order chi connectivity index (χ1) is 19.5. The second-order valence-corrected chi connectivity index (χ2v) is 13.9. The van der Waals surface area contributed by atoms with E-state index in [0.29, 0.717) is 11.0 Å². The number of alkyl halides is 3. The lowest BCUT2D eigenvalue weighted by atomic mass is 9.97. The summed E-state index contributed by atoms with van der Waals surface area (Å²) in [5, 5.41) is 11.8. The summed E-state index contributed by atoms with van der Waals surface area (Å²) in [6.07, 6.45) is -3.93. The Morgan fingerprint density at radius 2 is 1.90 bits per heavy atom. The van der Waals surface area contributed by atoms with Gasteiger partial charge >= 0.3 is 18.2 Å². The molecule has 1 saturated heterocycles. The molecule has 16 heteroatoms. The molecule has 220 valence electrons. The molecule has 1 unspecified atom stereocenters. The van der Waals surface area contributed by atoms with Gasteiger partial charge in [0.1, 0.15) is 6.04 Å². The van der Waals surface area contributed by atoms with Gasteiger partial charge in [-0.2, -0.15) is 18.4 Å². The molecule has 0 bridgehead atoms. The predicted octanol–water partition coefficient (Wildman–Crippen LogP) is 4.01. The zero-order valence-electron chi connectivity index (χ0n) is 22.0. The molecule has 2 aromatic rings. The molecule has 2 atom stereocenters. The van der Waals surface area contributed by atoms with Crippen LogP contribution in [0.25, 0.3) is 4.85 Å². The van der Waals surface area contributed by atoms with E-state index in [9.17, 15) is 44.9 Å². The number of urea groups is 2. The van der Waals surface area contributed by atoms with Crippen molar-refractivity contribution < 1.29 is 39.6 Å². The highest BCUT2D eigenvalue weighted by Crippen LogP contribution is 2.43. The van der Waals surface area contributed by atoms with Crippen LogP contribution < -0.4 is 10.2 Å². The fourth-order valence-electron chi connectivity index (χ4n) is 4.86. The molecule has 0 aromatic heterocycles. The highest BCUT2D eigenvalue weighted by molar-refractivity contribution is 7.91. The minimum Gasteiger partial charge on any atom is -0.334 e. The van der Waals surface area contributed by atoms with Crippen LogP contribution in [0.5, 0.6) is 0 Å². The number of anilines is 1. The van der Waals surface area contributed by atoms with Crippen molar-refractivity contribution in [3.8, 4) is 6.07 Å². The number of nitrogens with zero attached hydrogens (tertiary/aromatic N) is 4. The van der Waals surface area contributed by atoms with Crippen molar-refractivity contribution in [3.05, 3.63) is 82.0 Å². The van der Waals surface area contributed by atoms with Crippen molar-refractivity contribution in [3.63, 3.8) is 0 Å². The summed E-state index contributed by atoms with van der Waals surface area (Å²) in [5.41, 5.74) is -2.24. The molecule has 0 saturated carbocycles. The SMILES string of the molecule is [C-]#[N+]C1=C(C)N(c2cccc(C(F)(F)F)c2)C(=O)N(C(=O)NC2CCS(=O)(=O)C2)[C@@H]1c1ccc(C#N)cc1S(C)(=O)=O. The first-order valence-electron chi connectivity index (χ1n) is 12.1. The molecule has 0 aliphatic carbocycles. The number of carbonyl (C=O) groups is 2. The van der Waals surface area contributed by atoms with Crippen LogP contribution in [0.1, 0.15) is 36.1 Å². The number of nitrogens with one attached hydrogen (secondary N) is 1. The maximum Gasteiger partial charge on any atom is 0.416 e. The summed E-state index contributed by atoms with van der Waals surface area (Å²) in [6.45, 7) is 9.15. The van der Waals surface area contributed by atoms with Crippen LogP contribution in [0.2, 0.25) is 0 Å². The van der Waals surface area contributed by atoms with E-state index >= 15 is 0 Å². The lowest BCUT2D eigenvalue weighted by Crippen LogP contribution is -2.56. The van der Waals surface area contributed by atoms with Crippen LogP contribution in [-0.4, -0.2) is 57.6 Å². The van der Waals surface area contributed by atoms with Gasteiger partial charge in [0.05, 0.1) is 40.2 Å². The molecule has 2 aromatic carbocycles. The molecule has 1 N–H and O–H groups in total. The number of allylic oxidation sites excluding steroid dienone is 1. The predicted molar refractivity (Wildman–Crippen MR) is 143 cm³/mol. The number of benzene rings is 2. The minimum atomic E-state index is -4.78. The maximum absolute atomic E-state index is 14.0. The first kappa shape index (κ1) is 30.5. The fraction of sp³-hybridized carbons (Fsp3) is 0.308. The number of hydrogen-bond donors (Lipinski definition) is 1. The molecular weight excluding hydrogens is 599 g/mol. The summed E-state index contributed by atoms with van der Waals surface area (Å²) >= 11 is 0. The highest BCUT2D eigenvalue weighted by atomic mass is 32.2. The third-order valence-electron chi connectivity index (χ3n) is 6.79. The summed E-state index contributed by atoms with van der Waals surface area (Å²) in [6, 6.07) is 3.84. The van der Waals surface area contributed by atoms with Gasteiger partial charge in [0.15, 0.2) is 19.7 Å². The summed E-state index contributed by atoms with van der Waals surface area (Å²) in [5.74, 6) is -0.662. The van der Waals surface area contributed by atoms with E-state index in [1.54, 1.807) is 6.07 Å². The Morgan fingerprint density at radius 3 is 2.45 bits per heavy atom. The van der Waals surface area contributed by atoms with Crippen molar-refractivity contribution in [2.24, 2.45) is 0 Å². The number of nitriles is 1. The van der Waals surface area contributed by atoms with Crippen LogP contribution in [0.4, 0.5) is 28.4 Å². The van der Waals surface area contributed by atoms with Crippen molar-refractivity contribution in [1.82, 2.24) is 10.2 Å². The lowest BCUT2D eigenvalue weighted by molar-refractivity contribution is -0.137. The number of rotatable bonds is 4. The number of carbonyl (C=O) groups excluding carboxylic acids is 2. The quantitative estimate of drug-likeness (QED) is 0.507. The Morgan fingerprint density at radius 1 is 1.21 bits per heavy atom. The second kappa shape index (κ2) is 10.8. The number of imide groups is 1. The third-order valence-corrected chi connectivity index (χ3v) is 9.71. The van der Waals surface area contributed by atoms with Crippen LogP contribution in [0.15, 0.2) is 58.8 Å². The van der Waals surface area contributed by atoms with Crippen molar-refractivity contribution in [2.75, 3.05) is 22.7 Å². The number of sulfone groups is 2. The standard InChI is InChI=1S/C26H22F3N5O6S2/c1-15-22(31-2)23(20-8-7-16(13-30)11-21(20)41(3,37)38)34(24(35)32-18-9-10-42(39,40)14-18)25(36)33(15)19-6-4-5-17(12-19)26(27,28)29/h4-8,11-12,18,23H,9-10,14H2,1,3H3,(H,32,35)/t18?,23-/m1/s1. The highest BCUT2D eigenvalue weighted by Gasteiger charge is 2.46. The number of hydrogen-bond acceptors (Lipinski definition) is 7. The van der Waals surface area contributed by atoms with Gasteiger partial charge in [0.2, 0.25) is 5.70 Å². The summed E-state index contributed by atoms with van der Waals surface area (Å²) in [4.78, 5) is 31.9. The Hall–Kier alpha value is -4.41. The van der Waals surface area contributed by atoms with Gasteiger partial charge in [-0.05, 0) is 49.2 Å². The number of halogens is 3. The lowest BCUT2D eigenvalue weighted by Gasteiger charge is -2.41. The van der Waals surface area contributed by atoms with Gasteiger partial charge in [-0.1, -0.05) is 12.1 Å². The Kier molecular flexibility index (Phi) is 7.84. The third kappa shape index (κ3) is 5.81. The van der Waals surface area contributed by atoms with Crippen molar-refractivity contribution >= 4 is 37.4 Å². The molecule has 2 heterocycles. The molecule has 0 radical (unpaired) electrons. The molecular formula is C26H22F3N5O6S2. The molecule has 1 fully saturated rings. The van der Waals surface area contributed by atoms with E-state index in [2.05, 4.69) is 10.2 Å². The van der Waals surface area contributed by atoms with E-state index in [1.165, 1.54) is 25.1 Å². The van der Waals surface area contributed by atoms with E-state index < -0.39 is 66.2 Å². The molecule has 4 amide bonds. The monoisotopic (exact) mass is 621 g/mol. The van der Waals surface area contributed by atoms with E-state index in [4.69, 9.17) is 6.57 Å². The van der Waals surface area contributed by atoms with Gasteiger partial charge in [0.25, 0.3) is 0 Å². The molecule has 42 heavy (non-hydrogen) atoms. The van der Waals surface area contributed by atoms with E-state index in [1.807, 2.05) is 0 Å². The van der Waals surface area contributed by atoms with Crippen LogP contribution in [-0.2, 0) is 25.9 Å². The zero-order chi connectivity index (χ0) is 31.2. The van der Waals surface area contributed by atoms with E-state index in [-0.39, 0.29) is 40.4 Å². The molecule has 11 nitrogen and oxygen atoms in total. The average molecular weight is 622 g/mol. The minimum absolute atomic E-state index is 0.0219.